The molecule has 7 heteroatoms. The third-order valence-corrected chi connectivity index (χ3v) is 6.65. The lowest BCUT2D eigenvalue weighted by Crippen LogP contribution is -2.59. The van der Waals surface area contributed by atoms with Gasteiger partial charge in [-0.3, -0.25) is 14.4 Å². The number of benzene rings is 2. The Morgan fingerprint density at radius 2 is 1.55 bits per heavy atom. The SMILES string of the molecule is Cc1ccc(CN2CCN(C3CCN(C(=O)c4ccc(Br)cc4)CC3)C(=O)C2=O)cc1. The molecule has 0 saturated carbocycles. The van der Waals surface area contributed by atoms with Gasteiger partial charge in [0.25, 0.3) is 5.91 Å². The van der Waals surface area contributed by atoms with Crippen molar-refractivity contribution in [3.63, 3.8) is 0 Å². The number of nitrogens with zero attached hydrogens (tertiary/aromatic N) is 3. The zero-order valence-electron chi connectivity index (χ0n) is 17.6. The fourth-order valence-electron chi connectivity index (χ4n) is 4.26. The summed E-state index contributed by atoms with van der Waals surface area (Å²) in [7, 11) is 0. The van der Waals surface area contributed by atoms with Crippen LogP contribution in [0, 0.1) is 6.92 Å². The molecule has 162 valence electrons. The van der Waals surface area contributed by atoms with E-state index >= 15 is 0 Å². The summed E-state index contributed by atoms with van der Waals surface area (Å²) in [5.74, 6) is -0.840. The Hall–Kier alpha value is -2.67. The molecule has 0 bridgehead atoms. The van der Waals surface area contributed by atoms with E-state index < -0.39 is 11.8 Å². The van der Waals surface area contributed by atoms with Crippen molar-refractivity contribution in [2.45, 2.75) is 32.4 Å². The van der Waals surface area contributed by atoms with Crippen LogP contribution in [0.1, 0.15) is 34.3 Å². The van der Waals surface area contributed by atoms with E-state index in [1.54, 1.807) is 9.80 Å². The highest BCUT2D eigenvalue weighted by molar-refractivity contribution is 9.10. The van der Waals surface area contributed by atoms with Gasteiger partial charge in [-0.05, 0) is 49.6 Å². The van der Waals surface area contributed by atoms with Crippen molar-refractivity contribution in [3.8, 4) is 0 Å². The maximum Gasteiger partial charge on any atom is 0.312 e. The fraction of sp³-hybridized carbons (Fsp3) is 0.375. The first-order valence-corrected chi connectivity index (χ1v) is 11.4. The Bertz CT molecular complexity index is 967. The van der Waals surface area contributed by atoms with Gasteiger partial charge in [-0.1, -0.05) is 45.8 Å². The first kappa shape index (κ1) is 21.6. The molecule has 3 amide bonds. The summed E-state index contributed by atoms with van der Waals surface area (Å²) in [5.41, 5.74) is 2.86. The molecule has 31 heavy (non-hydrogen) atoms. The van der Waals surface area contributed by atoms with Gasteiger partial charge >= 0.3 is 11.8 Å². The molecular weight excluding hydrogens is 458 g/mol. The van der Waals surface area contributed by atoms with Crippen molar-refractivity contribution in [3.05, 3.63) is 69.7 Å². The van der Waals surface area contributed by atoms with Gasteiger partial charge < -0.3 is 14.7 Å². The highest BCUT2D eigenvalue weighted by Crippen LogP contribution is 2.22. The van der Waals surface area contributed by atoms with E-state index in [0.717, 1.165) is 10.0 Å². The van der Waals surface area contributed by atoms with Crippen molar-refractivity contribution in [2.24, 2.45) is 0 Å². The molecule has 6 nitrogen and oxygen atoms in total. The average Bonchev–Trinajstić information content (AvgIpc) is 2.79. The van der Waals surface area contributed by atoms with Crippen molar-refractivity contribution < 1.29 is 14.4 Å². The van der Waals surface area contributed by atoms with E-state index in [-0.39, 0.29) is 11.9 Å². The molecule has 2 heterocycles. The molecular formula is C24H26BrN3O3. The van der Waals surface area contributed by atoms with Crippen molar-refractivity contribution >= 4 is 33.7 Å². The van der Waals surface area contributed by atoms with Crippen molar-refractivity contribution in [1.29, 1.82) is 0 Å². The minimum Gasteiger partial charge on any atom is -0.338 e. The molecule has 0 spiro atoms. The summed E-state index contributed by atoms with van der Waals surface area (Å²) in [6.07, 6.45) is 1.39. The molecule has 2 fully saturated rings. The van der Waals surface area contributed by atoms with Crippen LogP contribution in [0.15, 0.2) is 53.0 Å². The van der Waals surface area contributed by atoms with Gasteiger partial charge in [0, 0.05) is 48.8 Å². The summed E-state index contributed by atoms with van der Waals surface area (Å²) in [6.45, 7) is 4.74. The Balaban J connectivity index is 1.32. The highest BCUT2D eigenvalue weighted by atomic mass is 79.9. The average molecular weight is 484 g/mol. The zero-order valence-corrected chi connectivity index (χ0v) is 19.2. The van der Waals surface area contributed by atoms with Gasteiger partial charge in [0.1, 0.15) is 0 Å². The number of piperazine rings is 1. The fourth-order valence-corrected chi connectivity index (χ4v) is 4.52. The van der Waals surface area contributed by atoms with E-state index in [2.05, 4.69) is 15.9 Å². The smallest absolute Gasteiger partial charge is 0.312 e. The zero-order chi connectivity index (χ0) is 22.0. The third-order valence-electron chi connectivity index (χ3n) is 6.12. The van der Waals surface area contributed by atoms with Crippen LogP contribution in [0.25, 0.3) is 0 Å². The molecule has 0 radical (unpaired) electrons. The number of hydrogen-bond donors (Lipinski definition) is 0. The second-order valence-corrected chi connectivity index (χ2v) is 9.16. The number of piperidine rings is 1. The van der Waals surface area contributed by atoms with Crippen molar-refractivity contribution in [2.75, 3.05) is 26.2 Å². The highest BCUT2D eigenvalue weighted by Gasteiger charge is 2.38. The molecule has 4 rings (SSSR count). The molecule has 0 atom stereocenters. The topological polar surface area (TPSA) is 60.9 Å². The van der Waals surface area contributed by atoms with Gasteiger partial charge in [0.15, 0.2) is 0 Å². The van der Waals surface area contributed by atoms with Crippen LogP contribution in [-0.4, -0.2) is 64.6 Å². The maximum atomic E-state index is 12.8. The normalized spacial score (nSPS) is 17.9. The van der Waals surface area contributed by atoms with Crippen LogP contribution in [0.3, 0.4) is 0 Å². The number of amides is 3. The Morgan fingerprint density at radius 1 is 0.903 bits per heavy atom. The van der Waals surface area contributed by atoms with Crippen LogP contribution in [0.2, 0.25) is 0 Å². The van der Waals surface area contributed by atoms with Crippen LogP contribution < -0.4 is 0 Å². The van der Waals surface area contributed by atoms with Crippen LogP contribution in [-0.2, 0) is 16.1 Å². The van der Waals surface area contributed by atoms with Gasteiger partial charge in [-0.2, -0.15) is 0 Å². The van der Waals surface area contributed by atoms with Gasteiger partial charge in [-0.25, -0.2) is 0 Å². The molecule has 2 aliphatic rings. The first-order valence-electron chi connectivity index (χ1n) is 10.6. The summed E-state index contributed by atoms with van der Waals surface area (Å²) < 4.78 is 0.937. The molecule has 2 aromatic carbocycles. The second kappa shape index (κ2) is 9.22. The molecule has 0 unspecified atom stereocenters. The number of halogens is 1. The molecule has 0 aliphatic carbocycles. The van der Waals surface area contributed by atoms with E-state index in [9.17, 15) is 14.4 Å². The minimum atomic E-state index is -0.430. The van der Waals surface area contributed by atoms with Gasteiger partial charge in [0.2, 0.25) is 0 Å². The maximum absolute atomic E-state index is 12.8. The standard InChI is InChI=1S/C24H26BrN3O3/c1-17-2-4-18(5-3-17)16-27-14-15-28(24(31)23(27)30)21-10-12-26(13-11-21)22(29)19-6-8-20(25)9-7-19/h2-9,21H,10-16H2,1H3. The lowest BCUT2D eigenvalue weighted by Gasteiger charge is -2.42. The second-order valence-electron chi connectivity index (χ2n) is 8.24. The van der Waals surface area contributed by atoms with Crippen LogP contribution >= 0.6 is 15.9 Å². The number of likely N-dealkylation sites (tertiary alicyclic amines) is 1. The summed E-state index contributed by atoms with van der Waals surface area (Å²) in [5, 5.41) is 0. The Labute approximate surface area is 190 Å². The summed E-state index contributed by atoms with van der Waals surface area (Å²) in [6, 6.07) is 15.4. The quantitative estimate of drug-likeness (QED) is 0.627. The summed E-state index contributed by atoms with van der Waals surface area (Å²) >= 11 is 3.39. The predicted octanol–water partition coefficient (Wildman–Crippen LogP) is 3.23. The monoisotopic (exact) mass is 483 g/mol. The number of carbonyl (C=O) groups excluding carboxylic acids is 3. The van der Waals surface area contributed by atoms with E-state index in [1.165, 1.54) is 5.56 Å². The Morgan fingerprint density at radius 3 is 2.19 bits per heavy atom. The van der Waals surface area contributed by atoms with Gasteiger partial charge in [-0.15, -0.1) is 0 Å². The number of aryl methyl sites for hydroxylation is 1. The number of carbonyl (C=O) groups is 3. The van der Waals surface area contributed by atoms with Crippen molar-refractivity contribution in [1.82, 2.24) is 14.7 Å². The summed E-state index contributed by atoms with van der Waals surface area (Å²) in [4.78, 5) is 43.4. The largest absolute Gasteiger partial charge is 0.338 e. The van der Waals surface area contributed by atoms with Crippen LogP contribution in [0.5, 0.6) is 0 Å². The Kier molecular flexibility index (Phi) is 6.41. The van der Waals surface area contributed by atoms with E-state index in [4.69, 9.17) is 0 Å². The molecule has 0 aromatic heterocycles. The number of hydrogen-bond acceptors (Lipinski definition) is 3. The lowest BCUT2D eigenvalue weighted by atomic mass is 10.0. The van der Waals surface area contributed by atoms with E-state index in [0.29, 0.717) is 51.1 Å². The molecule has 2 aliphatic heterocycles. The first-order chi connectivity index (χ1) is 14.9. The molecule has 2 aromatic rings. The minimum absolute atomic E-state index is 0.00643. The van der Waals surface area contributed by atoms with E-state index in [1.807, 2.05) is 60.4 Å². The van der Waals surface area contributed by atoms with Crippen LogP contribution in [0.4, 0.5) is 0 Å². The third kappa shape index (κ3) is 4.82. The predicted molar refractivity (Wildman–Crippen MR) is 121 cm³/mol. The molecule has 0 N–H and O–H groups in total. The van der Waals surface area contributed by atoms with Gasteiger partial charge in [0.05, 0.1) is 0 Å². The lowest BCUT2D eigenvalue weighted by molar-refractivity contribution is -0.158. The number of rotatable bonds is 4. The molecule has 2 saturated heterocycles.